The SMILES string of the molecule is CN(C)CCCn1c(CCl)nc2c(F)cccc21. The van der Waals surface area contributed by atoms with Crippen molar-refractivity contribution in [1.82, 2.24) is 14.5 Å². The van der Waals surface area contributed by atoms with Crippen molar-refractivity contribution >= 4 is 22.6 Å². The van der Waals surface area contributed by atoms with Crippen molar-refractivity contribution in [2.75, 3.05) is 20.6 Å². The first-order chi connectivity index (χ1) is 8.63. The molecule has 0 amide bonds. The zero-order valence-corrected chi connectivity index (χ0v) is 11.4. The summed E-state index contributed by atoms with van der Waals surface area (Å²) in [6.07, 6.45) is 0.985. The number of imidazole rings is 1. The average molecular weight is 270 g/mol. The van der Waals surface area contributed by atoms with E-state index >= 15 is 0 Å². The first-order valence-electron chi connectivity index (χ1n) is 5.98. The summed E-state index contributed by atoms with van der Waals surface area (Å²) < 4.78 is 15.6. The molecule has 0 spiro atoms. The van der Waals surface area contributed by atoms with E-state index in [0.717, 1.165) is 30.9 Å². The molecule has 2 aromatic rings. The first-order valence-corrected chi connectivity index (χ1v) is 6.51. The van der Waals surface area contributed by atoms with Crippen LogP contribution in [-0.2, 0) is 12.4 Å². The minimum Gasteiger partial charge on any atom is -0.327 e. The highest BCUT2D eigenvalue weighted by atomic mass is 35.5. The number of hydrogen-bond acceptors (Lipinski definition) is 2. The quantitative estimate of drug-likeness (QED) is 0.779. The predicted molar refractivity (Wildman–Crippen MR) is 72.4 cm³/mol. The van der Waals surface area contributed by atoms with Crippen LogP contribution in [0.3, 0.4) is 0 Å². The van der Waals surface area contributed by atoms with Crippen LogP contribution in [0, 0.1) is 5.82 Å². The summed E-state index contributed by atoms with van der Waals surface area (Å²) in [5, 5.41) is 0. The molecule has 0 aliphatic carbocycles. The second-order valence-corrected chi connectivity index (χ2v) is 4.84. The van der Waals surface area contributed by atoms with Crippen molar-refractivity contribution in [3.8, 4) is 0 Å². The zero-order valence-electron chi connectivity index (χ0n) is 10.7. The molecule has 0 unspecified atom stereocenters. The number of alkyl halides is 1. The van der Waals surface area contributed by atoms with Gasteiger partial charge in [0.25, 0.3) is 0 Å². The van der Waals surface area contributed by atoms with Gasteiger partial charge in [-0.2, -0.15) is 0 Å². The van der Waals surface area contributed by atoms with E-state index in [0.29, 0.717) is 11.4 Å². The predicted octanol–water partition coefficient (Wildman–Crippen LogP) is 2.87. The van der Waals surface area contributed by atoms with Crippen molar-refractivity contribution in [3.63, 3.8) is 0 Å². The van der Waals surface area contributed by atoms with E-state index < -0.39 is 0 Å². The van der Waals surface area contributed by atoms with Crippen molar-refractivity contribution < 1.29 is 4.39 Å². The van der Waals surface area contributed by atoms with Crippen molar-refractivity contribution in [2.45, 2.75) is 18.8 Å². The van der Waals surface area contributed by atoms with Crippen LogP contribution in [0.25, 0.3) is 11.0 Å². The van der Waals surface area contributed by atoms with Gasteiger partial charge in [0.2, 0.25) is 0 Å². The second-order valence-electron chi connectivity index (χ2n) is 4.58. The molecule has 0 atom stereocenters. The second kappa shape index (κ2) is 5.67. The number of para-hydroxylation sites is 1. The third-order valence-corrected chi connectivity index (χ3v) is 3.15. The van der Waals surface area contributed by atoms with Gasteiger partial charge in [0, 0.05) is 6.54 Å². The Morgan fingerprint density at radius 3 is 2.83 bits per heavy atom. The molecule has 5 heteroatoms. The molecule has 1 aromatic carbocycles. The Hall–Kier alpha value is -1.13. The number of rotatable bonds is 5. The van der Waals surface area contributed by atoms with E-state index in [1.807, 2.05) is 24.7 Å². The van der Waals surface area contributed by atoms with Crippen LogP contribution in [0.2, 0.25) is 0 Å². The van der Waals surface area contributed by atoms with Gasteiger partial charge in [-0.1, -0.05) is 6.07 Å². The highest BCUT2D eigenvalue weighted by Crippen LogP contribution is 2.20. The molecule has 0 saturated heterocycles. The van der Waals surface area contributed by atoms with Crippen LogP contribution in [0.4, 0.5) is 4.39 Å². The molecule has 0 radical (unpaired) electrons. The Kier molecular flexibility index (Phi) is 4.19. The van der Waals surface area contributed by atoms with Gasteiger partial charge >= 0.3 is 0 Å². The third-order valence-electron chi connectivity index (χ3n) is 2.92. The summed E-state index contributed by atoms with van der Waals surface area (Å²) in [4.78, 5) is 6.40. The standard InChI is InChI=1S/C13H17ClFN3/c1-17(2)7-4-8-18-11-6-3-5-10(15)13(11)16-12(18)9-14/h3,5-6H,4,7-9H2,1-2H3. The number of nitrogens with zero attached hydrogens (tertiary/aromatic N) is 3. The van der Waals surface area contributed by atoms with Gasteiger partial charge in [-0.25, -0.2) is 9.37 Å². The third kappa shape index (κ3) is 2.65. The fourth-order valence-electron chi connectivity index (χ4n) is 2.06. The number of aromatic nitrogens is 2. The fraction of sp³-hybridized carbons (Fsp3) is 0.462. The molecular weight excluding hydrogens is 253 g/mol. The Morgan fingerprint density at radius 1 is 1.39 bits per heavy atom. The van der Waals surface area contributed by atoms with E-state index in [1.54, 1.807) is 6.07 Å². The highest BCUT2D eigenvalue weighted by Gasteiger charge is 2.12. The van der Waals surface area contributed by atoms with Gasteiger partial charge in [0.05, 0.1) is 11.4 Å². The normalized spacial score (nSPS) is 11.6. The summed E-state index contributed by atoms with van der Waals surface area (Å²) in [7, 11) is 4.07. The van der Waals surface area contributed by atoms with Crippen molar-refractivity contribution in [1.29, 1.82) is 0 Å². The smallest absolute Gasteiger partial charge is 0.151 e. The molecular formula is C13H17ClFN3. The maximum atomic E-state index is 13.6. The van der Waals surface area contributed by atoms with Crippen molar-refractivity contribution in [2.24, 2.45) is 0 Å². The van der Waals surface area contributed by atoms with E-state index in [-0.39, 0.29) is 5.82 Å². The lowest BCUT2D eigenvalue weighted by molar-refractivity contribution is 0.386. The van der Waals surface area contributed by atoms with Gasteiger partial charge in [-0.3, -0.25) is 0 Å². The van der Waals surface area contributed by atoms with E-state index in [2.05, 4.69) is 9.88 Å². The topological polar surface area (TPSA) is 21.1 Å². The van der Waals surface area contributed by atoms with Crippen LogP contribution in [0.5, 0.6) is 0 Å². The van der Waals surface area contributed by atoms with Crippen LogP contribution in [0.1, 0.15) is 12.2 Å². The van der Waals surface area contributed by atoms with E-state index in [4.69, 9.17) is 11.6 Å². The Bertz CT molecular complexity index is 536. The molecule has 1 aromatic heterocycles. The van der Waals surface area contributed by atoms with Crippen LogP contribution >= 0.6 is 11.6 Å². The molecule has 0 aliphatic heterocycles. The summed E-state index contributed by atoms with van der Waals surface area (Å²) >= 11 is 5.88. The van der Waals surface area contributed by atoms with Crippen LogP contribution in [-0.4, -0.2) is 35.1 Å². The molecule has 0 aliphatic rings. The Morgan fingerprint density at radius 2 is 2.17 bits per heavy atom. The van der Waals surface area contributed by atoms with Gasteiger partial charge < -0.3 is 9.47 Å². The molecule has 0 saturated carbocycles. The van der Waals surface area contributed by atoms with E-state index in [1.165, 1.54) is 6.07 Å². The molecule has 1 heterocycles. The number of benzene rings is 1. The largest absolute Gasteiger partial charge is 0.327 e. The maximum Gasteiger partial charge on any atom is 0.151 e. The average Bonchev–Trinajstić information content (AvgIpc) is 2.69. The molecule has 0 bridgehead atoms. The lowest BCUT2D eigenvalue weighted by atomic mass is 10.3. The molecule has 3 nitrogen and oxygen atoms in total. The summed E-state index contributed by atoms with van der Waals surface area (Å²) in [6.45, 7) is 1.79. The Balaban J connectivity index is 2.32. The number of fused-ring (bicyclic) bond motifs is 1. The molecule has 0 N–H and O–H groups in total. The lowest BCUT2D eigenvalue weighted by Crippen LogP contribution is -2.15. The van der Waals surface area contributed by atoms with Gasteiger partial charge in [-0.05, 0) is 39.2 Å². The van der Waals surface area contributed by atoms with Gasteiger partial charge in [0.15, 0.2) is 5.82 Å². The summed E-state index contributed by atoms with van der Waals surface area (Å²) in [5.74, 6) is 0.747. The molecule has 98 valence electrons. The lowest BCUT2D eigenvalue weighted by Gasteiger charge is -2.11. The summed E-state index contributed by atoms with van der Waals surface area (Å²) in [5.41, 5.74) is 1.24. The van der Waals surface area contributed by atoms with Crippen molar-refractivity contribution in [3.05, 3.63) is 29.8 Å². The minimum atomic E-state index is -0.287. The number of halogens is 2. The minimum absolute atomic E-state index is 0.287. The van der Waals surface area contributed by atoms with Crippen LogP contribution in [0.15, 0.2) is 18.2 Å². The fourth-order valence-corrected chi connectivity index (χ4v) is 2.26. The molecule has 2 rings (SSSR count). The monoisotopic (exact) mass is 269 g/mol. The van der Waals surface area contributed by atoms with Crippen LogP contribution < -0.4 is 0 Å². The van der Waals surface area contributed by atoms with E-state index in [9.17, 15) is 4.39 Å². The molecule has 0 fully saturated rings. The number of hydrogen-bond donors (Lipinski definition) is 0. The van der Waals surface area contributed by atoms with Gasteiger partial charge in [-0.15, -0.1) is 11.6 Å². The zero-order chi connectivity index (χ0) is 13.1. The number of aryl methyl sites for hydroxylation is 1. The first kappa shape index (κ1) is 13.3. The summed E-state index contributed by atoms with van der Waals surface area (Å²) in [6, 6.07) is 5.02. The van der Waals surface area contributed by atoms with Gasteiger partial charge in [0.1, 0.15) is 11.3 Å². The highest BCUT2D eigenvalue weighted by molar-refractivity contribution is 6.16. The Labute approximate surface area is 111 Å². The maximum absolute atomic E-state index is 13.6. The molecule has 18 heavy (non-hydrogen) atoms.